The van der Waals surface area contributed by atoms with E-state index in [1.165, 1.54) is 0 Å². The minimum atomic E-state index is -0.272. The second kappa shape index (κ2) is 11.2. The molecule has 9 nitrogen and oxygen atoms in total. The average Bonchev–Trinajstić information content (AvgIpc) is 3.59. The number of nitrogens with zero attached hydrogens (tertiary/aromatic N) is 5. The number of benzene rings is 2. The maximum atomic E-state index is 13.4. The topological polar surface area (TPSA) is 98.4 Å². The predicted octanol–water partition coefficient (Wildman–Crippen LogP) is 7.42. The standard InChI is InChI=1S/C34H39N7O2/c1-21(2)32-38-37-31-19-24(17-18-40(31)32)43-28-16-15-27(25-9-7-8-10-26(25)28)35-33(42)36-30-20-29(34(4,5)6)39-41(30)23-13-11-22(3)12-14-23/h7-14,17-21,27-28H,15-16H2,1-6H3,(H2,35,36,42). The summed E-state index contributed by atoms with van der Waals surface area (Å²) in [5.41, 5.74) is 5.68. The Morgan fingerprint density at radius 3 is 2.44 bits per heavy atom. The van der Waals surface area contributed by atoms with Crippen LogP contribution in [-0.4, -0.2) is 30.4 Å². The molecule has 0 spiro atoms. The first kappa shape index (κ1) is 28.5. The highest BCUT2D eigenvalue weighted by atomic mass is 16.5. The highest BCUT2D eigenvalue weighted by molar-refractivity contribution is 5.89. The van der Waals surface area contributed by atoms with Crippen molar-refractivity contribution in [1.29, 1.82) is 0 Å². The number of rotatable bonds is 6. The van der Waals surface area contributed by atoms with Crippen molar-refractivity contribution in [3.05, 3.63) is 101 Å². The van der Waals surface area contributed by atoms with E-state index in [9.17, 15) is 4.79 Å². The van der Waals surface area contributed by atoms with Crippen LogP contribution in [-0.2, 0) is 5.41 Å². The molecule has 1 aliphatic carbocycles. The molecule has 0 saturated carbocycles. The third kappa shape index (κ3) is 5.84. The van der Waals surface area contributed by atoms with Gasteiger partial charge in [-0.1, -0.05) is 76.6 Å². The monoisotopic (exact) mass is 577 g/mol. The van der Waals surface area contributed by atoms with Gasteiger partial charge < -0.3 is 10.1 Å². The zero-order valence-corrected chi connectivity index (χ0v) is 25.6. The number of hydrogen-bond donors (Lipinski definition) is 2. The van der Waals surface area contributed by atoms with Crippen LogP contribution in [0.4, 0.5) is 10.6 Å². The first-order valence-electron chi connectivity index (χ1n) is 14.9. The van der Waals surface area contributed by atoms with Crippen molar-refractivity contribution in [2.75, 3.05) is 5.32 Å². The van der Waals surface area contributed by atoms with E-state index in [2.05, 4.69) is 74.5 Å². The van der Waals surface area contributed by atoms with Gasteiger partial charge in [-0.15, -0.1) is 10.2 Å². The van der Waals surface area contributed by atoms with Gasteiger partial charge in [-0.2, -0.15) is 5.10 Å². The van der Waals surface area contributed by atoms with Crippen molar-refractivity contribution in [3.63, 3.8) is 0 Å². The van der Waals surface area contributed by atoms with Gasteiger partial charge in [-0.3, -0.25) is 9.72 Å². The van der Waals surface area contributed by atoms with Gasteiger partial charge in [0.05, 0.1) is 17.4 Å². The van der Waals surface area contributed by atoms with Gasteiger partial charge in [0.2, 0.25) is 0 Å². The van der Waals surface area contributed by atoms with Gasteiger partial charge in [0.1, 0.15) is 23.5 Å². The number of urea groups is 1. The first-order chi connectivity index (χ1) is 20.6. The van der Waals surface area contributed by atoms with Crippen LogP contribution in [0.3, 0.4) is 0 Å². The van der Waals surface area contributed by atoms with Gasteiger partial charge in [0.25, 0.3) is 0 Å². The number of carbonyl (C=O) groups is 1. The van der Waals surface area contributed by atoms with Crippen molar-refractivity contribution in [2.24, 2.45) is 0 Å². The van der Waals surface area contributed by atoms with Crippen LogP contribution >= 0.6 is 0 Å². The summed E-state index contributed by atoms with van der Waals surface area (Å²) in [6, 6.07) is 21.7. The summed E-state index contributed by atoms with van der Waals surface area (Å²) in [7, 11) is 0. The second-order valence-corrected chi connectivity index (χ2v) is 12.7. The molecule has 43 heavy (non-hydrogen) atoms. The lowest BCUT2D eigenvalue weighted by Gasteiger charge is -2.32. The smallest absolute Gasteiger partial charge is 0.320 e. The Labute approximate surface area is 252 Å². The number of ether oxygens (including phenoxy) is 1. The minimum absolute atomic E-state index is 0.135. The average molecular weight is 578 g/mol. The van der Waals surface area contributed by atoms with Gasteiger partial charge in [-0.25, -0.2) is 9.48 Å². The molecule has 0 radical (unpaired) electrons. The third-order valence-electron chi connectivity index (χ3n) is 7.94. The predicted molar refractivity (Wildman–Crippen MR) is 168 cm³/mol. The first-order valence-corrected chi connectivity index (χ1v) is 14.9. The van der Waals surface area contributed by atoms with Crippen LogP contribution in [0.25, 0.3) is 11.3 Å². The molecule has 9 heteroatoms. The van der Waals surface area contributed by atoms with Crippen LogP contribution in [0, 0.1) is 6.92 Å². The van der Waals surface area contributed by atoms with E-state index in [0.29, 0.717) is 5.82 Å². The molecule has 6 rings (SSSR count). The number of nitrogens with one attached hydrogen (secondary N) is 2. The summed E-state index contributed by atoms with van der Waals surface area (Å²) < 4.78 is 10.3. The lowest BCUT2D eigenvalue weighted by molar-refractivity contribution is 0.172. The second-order valence-electron chi connectivity index (χ2n) is 12.7. The summed E-state index contributed by atoms with van der Waals surface area (Å²) in [6.07, 6.45) is 3.33. The Hall–Kier alpha value is -4.66. The number of aromatic nitrogens is 5. The largest absolute Gasteiger partial charge is 0.486 e. The molecule has 0 saturated heterocycles. The summed E-state index contributed by atoms with van der Waals surface area (Å²) >= 11 is 0. The van der Waals surface area contributed by atoms with Crippen LogP contribution in [0.2, 0.25) is 0 Å². The van der Waals surface area contributed by atoms with Gasteiger partial charge in [0.15, 0.2) is 5.65 Å². The van der Waals surface area contributed by atoms with Gasteiger partial charge >= 0.3 is 6.03 Å². The Kier molecular flexibility index (Phi) is 7.42. The Morgan fingerprint density at radius 2 is 1.72 bits per heavy atom. The molecule has 5 aromatic rings. The molecule has 0 fully saturated rings. The van der Waals surface area contributed by atoms with E-state index in [0.717, 1.165) is 58.1 Å². The van der Waals surface area contributed by atoms with Crippen molar-refractivity contribution >= 4 is 17.5 Å². The fourth-order valence-corrected chi connectivity index (χ4v) is 5.57. The molecule has 3 heterocycles. The van der Waals surface area contributed by atoms with E-state index in [1.54, 1.807) is 4.68 Å². The number of amides is 2. The van der Waals surface area contributed by atoms with Crippen LogP contribution < -0.4 is 15.4 Å². The molecule has 0 aliphatic heterocycles. The Bertz CT molecular complexity index is 1760. The van der Waals surface area contributed by atoms with E-state index >= 15 is 0 Å². The Balaban J connectivity index is 1.20. The molecule has 2 unspecified atom stereocenters. The van der Waals surface area contributed by atoms with Crippen molar-refractivity contribution in [1.82, 2.24) is 29.7 Å². The molecule has 2 amide bonds. The van der Waals surface area contributed by atoms with E-state index in [-0.39, 0.29) is 29.5 Å². The fraction of sp³-hybridized carbons (Fsp3) is 0.353. The van der Waals surface area contributed by atoms with Gasteiger partial charge in [-0.05, 0) is 49.1 Å². The highest BCUT2D eigenvalue weighted by Gasteiger charge is 2.30. The maximum absolute atomic E-state index is 13.4. The molecule has 2 N–H and O–H groups in total. The van der Waals surface area contributed by atoms with Crippen molar-refractivity contribution in [2.45, 2.75) is 77.9 Å². The molecular formula is C34H39N7O2. The highest BCUT2D eigenvalue weighted by Crippen LogP contribution is 2.39. The molecule has 2 aromatic carbocycles. The maximum Gasteiger partial charge on any atom is 0.320 e. The zero-order valence-electron chi connectivity index (χ0n) is 25.6. The minimum Gasteiger partial charge on any atom is -0.486 e. The number of carbonyl (C=O) groups excluding carboxylic acids is 1. The summed E-state index contributed by atoms with van der Waals surface area (Å²) in [5, 5.41) is 19.8. The molecular weight excluding hydrogens is 538 g/mol. The number of hydrogen-bond acceptors (Lipinski definition) is 5. The van der Waals surface area contributed by atoms with E-state index < -0.39 is 0 Å². The van der Waals surface area contributed by atoms with Crippen LogP contribution in [0.15, 0.2) is 72.9 Å². The number of fused-ring (bicyclic) bond motifs is 2. The van der Waals surface area contributed by atoms with E-state index in [4.69, 9.17) is 9.84 Å². The van der Waals surface area contributed by atoms with E-state index in [1.807, 2.05) is 65.2 Å². The number of pyridine rings is 1. The number of aryl methyl sites for hydroxylation is 1. The summed E-state index contributed by atoms with van der Waals surface area (Å²) in [6.45, 7) is 12.6. The van der Waals surface area contributed by atoms with Crippen LogP contribution in [0.5, 0.6) is 5.75 Å². The molecule has 222 valence electrons. The SMILES string of the molecule is Cc1ccc(-n2nc(C(C)(C)C)cc2NC(=O)NC2CCC(Oc3ccn4c(C(C)C)nnc4c3)c3ccccc32)cc1. The lowest BCUT2D eigenvalue weighted by atomic mass is 9.85. The molecule has 2 atom stereocenters. The van der Waals surface area contributed by atoms with Gasteiger partial charge in [0, 0.05) is 29.7 Å². The fourth-order valence-electron chi connectivity index (χ4n) is 5.57. The number of anilines is 1. The molecule has 1 aliphatic rings. The zero-order chi connectivity index (χ0) is 30.3. The Morgan fingerprint density at radius 1 is 0.977 bits per heavy atom. The van der Waals surface area contributed by atoms with Crippen molar-refractivity contribution < 1.29 is 9.53 Å². The normalized spacial score (nSPS) is 16.7. The van der Waals surface area contributed by atoms with Crippen LogP contribution in [0.1, 0.15) is 93.7 Å². The summed E-state index contributed by atoms with van der Waals surface area (Å²) in [5.74, 6) is 2.57. The summed E-state index contributed by atoms with van der Waals surface area (Å²) in [4.78, 5) is 13.4. The molecule has 0 bridgehead atoms. The van der Waals surface area contributed by atoms with Crippen molar-refractivity contribution in [3.8, 4) is 11.4 Å². The quantitative estimate of drug-likeness (QED) is 0.219. The third-order valence-corrected chi connectivity index (χ3v) is 7.94. The molecule has 3 aromatic heterocycles. The lowest BCUT2D eigenvalue weighted by Crippen LogP contribution is -2.36.